The van der Waals surface area contributed by atoms with Crippen LogP contribution in [0, 0.1) is 5.92 Å². The van der Waals surface area contributed by atoms with Gasteiger partial charge in [0.1, 0.15) is 5.82 Å². The van der Waals surface area contributed by atoms with Gasteiger partial charge in [-0.1, -0.05) is 12.1 Å². The van der Waals surface area contributed by atoms with Crippen LogP contribution in [0.5, 0.6) is 0 Å². The third-order valence-corrected chi connectivity index (χ3v) is 6.10. The molecular weight excluding hydrogens is 366 g/mol. The van der Waals surface area contributed by atoms with Gasteiger partial charge < -0.3 is 0 Å². The zero-order chi connectivity index (χ0) is 20.0. The Bertz CT molecular complexity index is 1180. The van der Waals surface area contributed by atoms with Crippen molar-refractivity contribution in [1.82, 2.24) is 24.2 Å². The average molecular weight is 391 g/mol. The minimum atomic E-state index is -0.104. The third-order valence-electron chi connectivity index (χ3n) is 6.10. The van der Waals surface area contributed by atoms with E-state index in [9.17, 15) is 9.59 Å². The summed E-state index contributed by atoms with van der Waals surface area (Å²) >= 11 is 0. The SMILES string of the molecule is Cn1ncc(CN2CCCC2c2nc3ccccc3c(=O)n2CC2CC2)cc1=O. The van der Waals surface area contributed by atoms with Crippen LogP contribution in [0.4, 0.5) is 0 Å². The molecule has 2 aromatic heterocycles. The van der Waals surface area contributed by atoms with E-state index < -0.39 is 0 Å². The molecule has 3 heterocycles. The summed E-state index contributed by atoms with van der Waals surface area (Å²) in [7, 11) is 1.65. The van der Waals surface area contributed by atoms with Crippen LogP contribution in [0.2, 0.25) is 0 Å². The molecule has 1 saturated carbocycles. The molecule has 5 rings (SSSR count). The molecule has 29 heavy (non-hydrogen) atoms. The Balaban J connectivity index is 1.54. The summed E-state index contributed by atoms with van der Waals surface area (Å²) in [6.07, 6.45) is 6.14. The average Bonchev–Trinajstić information content (AvgIpc) is 3.43. The van der Waals surface area contributed by atoms with Gasteiger partial charge in [-0.2, -0.15) is 5.10 Å². The lowest BCUT2D eigenvalue weighted by Crippen LogP contribution is -2.33. The van der Waals surface area contributed by atoms with Crippen molar-refractivity contribution in [3.63, 3.8) is 0 Å². The molecule has 1 aliphatic heterocycles. The molecule has 150 valence electrons. The number of para-hydroxylation sites is 1. The fourth-order valence-corrected chi connectivity index (χ4v) is 4.31. The second kappa shape index (κ2) is 7.22. The minimum Gasteiger partial charge on any atom is -0.295 e. The van der Waals surface area contributed by atoms with Gasteiger partial charge in [0, 0.05) is 26.2 Å². The van der Waals surface area contributed by atoms with Crippen molar-refractivity contribution >= 4 is 10.9 Å². The van der Waals surface area contributed by atoms with Crippen LogP contribution in [0.25, 0.3) is 10.9 Å². The van der Waals surface area contributed by atoms with Crippen LogP contribution < -0.4 is 11.1 Å². The second-order valence-electron chi connectivity index (χ2n) is 8.30. The van der Waals surface area contributed by atoms with E-state index >= 15 is 0 Å². The van der Waals surface area contributed by atoms with Crippen molar-refractivity contribution in [1.29, 1.82) is 0 Å². The Morgan fingerprint density at radius 3 is 2.76 bits per heavy atom. The van der Waals surface area contributed by atoms with Crippen molar-refractivity contribution in [2.45, 2.75) is 44.8 Å². The summed E-state index contributed by atoms with van der Waals surface area (Å²) in [6, 6.07) is 9.35. The number of nitrogens with zero attached hydrogens (tertiary/aromatic N) is 5. The highest BCUT2D eigenvalue weighted by Gasteiger charge is 2.32. The molecule has 1 aliphatic carbocycles. The van der Waals surface area contributed by atoms with E-state index in [-0.39, 0.29) is 17.2 Å². The maximum atomic E-state index is 13.3. The quantitative estimate of drug-likeness (QED) is 0.667. The molecule has 0 bridgehead atoms. The second-order valence-corrected chi connectivity index (χ2v) is 8.30. The summed E-state index contributed by atoms with van der Waals surface area (Å²) in [5.74, 6) is 1.46. The minimum absolute atomic E-state index is 0.0691. The van der Waals surface area contributed by atoms with Crippen LogP contribution in [0.15, 0.2) is 46.1 Å². The van der Waals surface area contributed by atoms with Crippen molar-refractivity contribution in [3.05, 3.63) is 68.6 Å². The predicted molar refractivity (Wildman–Crippen MR) is 111 cm³/mol. The Morgan fingerprint density at radius 1 is 1.14 bits per heavy atom. The van der Waals surface area contributed by atoms with Gasteiger partial charge in [0.05, 0.1) is 23.1 Å². The van der Waals surface area contributed by atoms with Gasteiger partial charge in [0.25, 0.3) is 11.1 Å². The molecule has 0 amide bonds. The monoisotopic (exact) mass is 391 g/mol. The van der Waals surface area contributed by atoms with Gasteiger partial charge in [0.15, 0.2) is 0 Å². The van der Waals surface area contributed by atoms with Crippen LogP contribution in [0.1, 0.15) is 43.1 Å². The van der Waals surface area contributed by atoms with Gasteiger partial charge >= 0.3 is 0 Å². The molecule has 0 radical (unpaired) electrons. The zero-order valence-corrected chi connectivity index (χ0v) is 16.6. The van der Waals surface area contributed by atoms with Gasteiger partial charge in [0.2, 0.25) is 0 Å². The Labute approximate surface area is 168 Å². The fourth-order valence-electron chi connectivity index (χ4n) is 4.31. The number of aryl methyl sites for hydroxylation is 1. The smallest absolute Gasteiger partial charge is 0.266 e. The maximum absolute atomic E-state index is 13.3. The molecule has 7 heteroatoms. The van der Waals surface area contributed by atoms with Crippen LogP contribution in [-0.4, -0.2) is 30.8 Å². The molecule has 3 aromatic rings. The Kier molecular flexibility index (Phi) is 4.54. The summed E-state index contributed by atoms with van der Waals surface area (Å²) in [5.41, 5.74) is 1.63. The number of hydrogen-bond donors (Lipinski definition) is 0. The molecule has 1 saturated heterocycles. The predicted octanol–water partition coefficient (Wildman–Crippen LogP) is 2.24. The molecule has 2 aliphatic rings. The first-order chi connectivity index (χ1) is 14.1. The molecule has 2 fully saturated rings. The fraction of sp³-hybridized carbons (Fsp3) is 0.455. The molecule has 1 unspecified atom stereocenters. The highest BCUT2D eigenvalue weighted by molar-refractivity contribution is 5.77. The van der Waals surface area contributed by atoms with Crippen molar-refractivity contribution in [2.75, 3.05) is 6.54 Å². The molecule has 0 spiro atoms. The topological polar surface area (TPSA) is 73.0 Å². The summed E-state index contributed by atoms with van der Waals surface area (Å²) < 4.78 is 3.26. The first-order valence-corrected chi connectivity index (χ1v) is 10.4. The standard InChI is InChI=1S/C22H25N5O2/c1-25-20(28)11-16(12-23-25)13-26-10-4-7-19(26)21-24-18-6-3-2-5-17(18)22(29)27(21)14-15-8-9-15/h2-3,5-6,11-12,15,19H,4,7-10,13-14H2,1H3. The molecule has 1 aromatic carbocycles. The summed E-state index contributed by atoms with van der Waals surface area (Å²) in [5, 5.41) is 4.84. The van der Waals surface area contributed by atoms with Crippen LogP contribution in [0.3, 0.4) is 0 Å². The first kappa shape index (κ1) is 18.2. The first-order valence-electron chi connectivity index (χ1n) is 10.4. The van der Waals surface area contributed by atoms with E-state index in [4.69, 9.17) is 4.98 Å². The van der Waals surface area contributed by atoms with Crippen molar-refractivity contribution in [2.24, 2.45) is 13.0 Å². The van der Waals surface area contributed by atoms with Crippen LogP contribution in [-0.2, 0) is 20.1 Å². The zero-order valence-electron chi connectivity index (χ0n) is 16.6. The molecule has 0 N–H and O–H groups in total. The van der Waals surface area contributed by atoms with Crippen molar-refractivity contribution in [3.8, 4) is 0 Å². The lowest BCUT2D eigenvalue weighted by Gasteiger charge is -2.26. The molecule has 1 atom stereocenters. The highest BCUT2D eigenvalue weighted by atomic mass is 16.1. The van der Waals surface area contributed by atoms with Crippen LogP contribution >= 0.6 is 0 Å². The Hall–Kier alpha value is -2.80. The molecular formula is C22H25N5O2. The summed E-state index contributed by atoms with van der Waals surface area (Å²) in [4.78, 5) is 32.5. The third kappa shape index (κ3) is 3.51. The van der Waals surface area contributed by atoms with Gasteiger partial charge in [-0.05, 0) is 55.8 Å². The van der Waals surface area contributed by atoms with Gasteiger partial charge in [-0.25, -0.2) is 9.67 Å². The number of aromatic nitrogens is 4. The van der Waals surface area contributed by atoms with E-state index in [1.165, 1.54) is 17.5 Å². The normalized spacial score (nSPS) is 19.8. The van der Waals surface area contributed by atoms with E-state index in [0.29, 0.717) is 17.8 Å². The van der Waals surface area contributed by atoms with E-state index in [1.807, 2.05) is 28.8 Å². The number of fused-ring (bicyclic) bond motifs is 1. The molecule has 7 nitrogen and oxygen atoms in total. The highest BCUT2D eigenvalue weighted by Crippen LogP contribution is 2.35. The van der Waals surface area contributed by atoms with E-state index in [2.05, 4.69) is 10.00 Å². The lowest BCUT2D eigenvalue weighted by atomic mass is 10.1. The largest absolute Gasteiger partial charge is 0.295 e. The van der Waals surface area contributed by atoms with E-state index in [0.717, 1.165) is 42.8 Å². The lowest BCUT2D eigenvalue weighted by molar-refractivity contribution is 0.231. The Morgan fingerprint density at radius 2 is 1.97 bits per heavy atom. The van der Waals surface area contributed by atoms with Gasteiger partial charge in [-0.3, -0.25) is 19.1 Å². The number of benzene rings is 1. The van der Waals surface area contributed by atoms with Crippen molar-refractivity contribution < 1.29 is 0 Å². The van der Waals surface area contributed by atoms with Gasteiger partial charge in [-0.15, -0.1) is 0 Å². The maximum Gasteiger partial charge on any atom is 0.266 e. The number of rotatable bonds is 5. The number of hydrogen-bond acceptors (Lipinski definition) is 5. The number of likely N-dealkylation sites (tertiary alicyclic amines) is 1. The van der Waals surface area contributed by atoms with E-state index in [1.54, 1.807) is 19.3 Å². The summed E-state index contributed by atoms with van der Waals surface area (Å²) in [6.45, 7) is 2.32.